The number of nitrogens with one attached hydrogen (secondary N) is 2. The number of hydrogen-bond acceptors (Lipinski definition) is 3. The Morgan fingerprint density at radius 2 is 1.38 bits per heavy atom. The standard InChI is InChI=1S/C21H18N4O/c26-20-19(15-7-13-17-9-3-1-4-10-17)23-21(24-20)25-22-16-8-14-18-11-5-2-6-12-18/h1-16H,(H2,23,24,25,26)/b13-7+,14-8+,19-15+,22-16-. The van der Waals surface area contributed by atoms with Crippen LogP contribution in [0.4, 0.5) is 0 Å². The van der Waals surface area contributed by atoms with Crippen LogP contribution in [0.1, 0.15) is 11.1 Å². The highest BCUT2D eigenvalue weighted by Gasteiger charge is 2.20. The highest BCUT2D eigenvalue weighted by atomic mass is 16.2. The Bertz CT molecular complexity index is 894. The first-order valence-electron chi connectivity index (χ1n) is 8.16. The predicted octanol–water partition coefficient (Wildman–Crippen LogP) is 3.36. The SMILES string of the molecule is O=C1N\C(=N/N=C\C=C\c2ccccc2)N/C1=C/C=C/c1ccccc1. The fourth-order valence-electron chi connectivity index (χ4n) is 2.23. The summed E-state index contributed by atoms with van der Waals surface area (Å²) in [5, 5.41) is 13.4. The molecular weight excluding hydrogens is 324 g/mol. The number of carbonyl (C=O) groups is 1. The van der Waals surface area contributed by atoms with Crippen molar-refractivity contribution in [2.75, 3.05) is 0 Å². The fourth-order valence-corrected chi connectivity index (χ4v) is 2.23. The second-order valence-corrected chi connectivity index (χ2v) is 5.41. The van der Waals surface area contributed by atoms with Gasteiger partial charge in [0.2, 0.25) is 5.96 Å². The maximum Gasteiger partial charge on any atom is 0.274 e. The third-order valence-electron chi connectivity index (χ3n) is 3.48. The summed E-state index contributed by atoms with van der Waals surface area (Å²) in [6.07, 6.45) is 10.7. The molecule has 0 unspecified atom stereocenters. The number of rotatable bonds is 5. The monoisotopic (exact) mass is 342 g/mol. The largest absolute Gasteiger partial charge is 0.320 e. The average molecular weight is 342 g/mol. The lowest BCUT2D eigenvalue weighted by molar-refractivity contribution is -0.115. The van der Waals surface area contributed by atoms with Crippen LogP contribution in [-0.2, 0) is 4.79 Å². The van der Waals surface area contributed by atoms with Crippen LogP contribution < -0.4 is 10.6 Å². The van der Waals surface area contributed by atoms with Gasteiger partial charge in [0.15, 0.2) is 0 Å². The van der Waals surface area contributed by atoms with Crippen molar-refractivity contribution in [3.05, 3.63) is 95.7 Å². The molecule has 1 aliphatic heterocycles. The minimum Gasteiger partial charge on any atom is -0.320 e. The lowest BCUT2D eigenvalue weighted by Crippen LogP contribution is -2.24. The van der Waals surface area contributed by atoms with Gasteiger partial charge < -0.3 is 5.32 Å². The lowest BCUT2D eigenvalue weighted by Gasteiger charge is -1.92. The summed E-state index contributed by atoms with van der Waals surface area (Å²) in [5.74, 6) is 0.0650. The molecule has 3 rings (SSSR count). The molecule has 2 aromatic rings. The Labute approximate surface area is 152 Å². The van der Waals surface area contributed by atoms with Crippen molar-refractivity contribution >= 4 is 30.2 Å². The predicted molar refractivity (Wildman–Crippen MR) is 106 cm³/mol. The smallest absolute Gasteiger partial charge is 0.274 e. The third kappa shape index (κ3) is 5.14. The summed E-state index contributed by atoms with van der Waals surface area (Å²) >= 11 is 0. The van der Waals surface area contributed by atoms with E-state index in [1.54, 1.807) is 18.4 Å². The van der Waals surface area contributed by atoms with E-state index in [9.17, 15) is 4.79 Å². The van der Waals surface area contributed by atoms with Gasteiger partial charge in [-0.05, 0) is 23.3 Å². The maximum atomic E-state index is 11.9. The van der Waals surface area contributed by atoms with E-state index in [1.165, 1.54) is 0 Å². The van der Waals surface area contributed by atoms with E-state index in [2.05, 4.69) is 20.8 Å². The van der Waals surface area contributed by atoms with Gasteiger partial charge in [-0.25, -0.2) is 0 Å². The Kier molecular flexibility index (Phi) is 5.88. The molecule has 5 nitrogen and oxygen atoms in total. The second kappa shape index (κ2) is 8.94. The number of guanidine groups is 1. The molecule has 0 aliphatic carbocycles. The van der Waals surface area contributed by atoms with E-state index >= 15 is 0 Å². The Morgan fingerprint density at radius 1 is 0.769 bits per heavy atom. The van der Waals surface area contributed by atoms with Crippen molar-refractivity contribution in [1.29, 1.82) is 0 Å². The van der Waals surface area contributed by atoms with Gasteiger partial charge in [0.05, 0.1) is 0 Å². The summed E-state index contributed by atoms with van der Waals surface area (Å²) < 4.78 is 0. The van der Waals surface area contributed by atoms with Gasteiger partial charge >= 0.3 is 0 Å². The summed E-state index contributed by atoms with van der Waals surface area (Å²) in [6, 6.07) is 19.7. The minimum atomic E-state index is -0.239. The Hall–Kier alpha value is -3.73. The first-order valence-corrected chi connectivity index (χ1v) is 8.16. The highest BCUT2D eigenvalue weighted by Crippen LogP contribution is 2.04. The second-order valence-electron chi connectivity index (χ2n) is 5.41. The van der Waals surface area contributed by atoms with E-state index in [4.69, 9.17) is 0 Å². The first-order chi connectivity index (χ1) is 12.8. The quantitative estimate of drug-likeness (QED) is 0.497. The van der Waals surface area contributed by atoms with Gasteiger partial charge in [0, 0.05) is 6.21 Å². The van der Waals surface area contributed by atoms with Crippen molar-refractivity contribution in [3.8, 4) is 0 Å². The maximum absolute atomic E-state index is 11.9. The molecule has 0 bridgehead atoms. The van der Waals surface area contributed by atoms with Crippen LogP contribution in [0.2, 0.25) is 0 Å². The van der Waals surface area contributed by atoms with Crippen molar-refractivity contribution in [2.45, 2.75) is 0 Å². The van der Waals surface area contributed by atoms with Crippen LogP contribution in [-0.4, -0.2) is 18.1 Å². The molecule has 0 aromatic heterocycles. The lowest BCUT2D eigenvalue weighted by atomic mass is 10.2. The summed E-state index contributed by atoms with van der Waals surface area (Å²) in [6.45, 7) is 0. The molecule has 1 saturated heterocycles. The van der Waals surface area contributed by atoms with Crippen molar-refractivity contribution in [2.24, 2.45) is 10.2 Å². The van der Waals surface area contributed by atoms with E-state index in [1.807, 2.05) is 78.9 Å². The molecule has 0 spiro atoms. The molecule has 2 aromatic carbocycles. The van der Waals surface area contributed by atoms with Gasteiger partial charge in [-0.1, -0.05) is 78.9 Å². The van der Waals surface area contributed by atoms with Crippen LogP contribution in [0.3, 0.4) is 0 Å². The zero-order valence-corrected chi connectivity index (χ0v) is 14.0. The molecule has 0 radical (unpaired) electrons. The van der Waals surface area contributed by atoms with Crippen LogP contribution >= 0.6 is 0 Å². The average Bonchev–Trinajstić information content (AvgIpc) is 3.03. The number of hydrogen-bond donors (Lipinski definition) is 2. The van der Waals surface area contributed by atoms with Gasteiger partial charge in [-0.2, -0.15) is 5.10 Å². The molecule has 1 heterocycles. The molecule has 128 valence electrons. The highest BCUT2D eigenvalue weighted by molar-refractivity contribution is 6.13. The van der Waals surface area contributed by atoms with Crippen LogP contribution in [0.15, 0.2) is 94.8 Å². The van der Waals surface area contributed by atoms with Crippen molar-refractivity contribution in [3.63, 3.8) is 0 Å². The zero-order valence-electron chi connectivity index (χ0n) is 14.0. The number of carbonyl (C=O) groups excluding carboxylic acids is 1. The molecule has 0 saturated carbocycles. The summed E-state index contributed by atoms with van der Waals surface area (Å²) in [7, 11) is 0. The van der Waals surface area contributed by atoms with Crippen molar-refractivity contribution < 1.29 is 4.79 Å². The van der Waals surface area contributed by atoms with E-state index in [0.717, 1.165) is 11.1 Å². The molecule has 0 atom stereocenters. The Morgan fingerprint density at radius 3 is 2.04 bits per heavy atom. The topological polar surface area (TPSA) is 65.8 Å². The van der Waals surface area contributed by atoms with Gasteiger partial charge in [0.25, 0.3) is 5.91 Å². The van der Waals surface area contributed by atoms with Crippen LogP contribution in [0, 0.1) is 0 Å². The van der Waals surface area contributed by atoms with Crippen LogP contribution in [0.5, 0.6) is 0 Å². The van der Waals surface area contributed by atoms with Crippen molar-refractivity contribution in [1.82, 2.24) is 10.6 Å². The van der Waals surface area contributed by atoms with Crippen LogP contribution in [0.25, 0.3) is 12.2 Å². The fraction of sp³-hybridized carbons (Fsp3) is 0. The van der Waals surface area contributed by atoms with E-state index < -0.39 is 0 Å². The van der Waals surface area contributed by atoms with Gasteiger partial charge in [0.1, 0.15) is 5.70 Å². The third-order valence-corrected chi connectivity index (χ3v) is 3.48. The minimum absolute atomic E-state index is 0.239. The number of nitrogens with zero attached hydrogens (tertiary/aromatic N) is 2. The number of benzene rings is 2. The molecule has 26 heavy (non-hydrogen) atoms. The van der Waals surface area contributed by atoms with E-state index in [-0.39, 0.29) is 5.91 Å². The zero-order chi connectivity index (χ0) is 18.0. The number of amides is 1. The van der Waals surface area contributed by atoms with Gasteiger partial charge in [-0.3, -0.25) is 10.1 Å². The molecule has 1 fully saturated rings. The molecule has 5 heteroatoms. The molecule has 1 aliphatic rings. The first kappa shape index (κ1) is 17.1. The number of allylic oxidation sites excluding steroid dienone is 3. The normalized spacial score (nSPS) is 17.6. The van der Waals surface area contributed by atoms with E-state index in [0.29, 0.717) is 11.7 Å². The molecular formula is C21H18N4O. The molecule has 1 amide bonds. The van der Waals surface area contributed by atoms with Gasteiger partial charge in [-0.15, -0.1) is 5.10 Å². The Balaban J connectivity index is 1.56. The summed E-state index contributed by atoms with van der Waals surface area (Å²) in [4.78, 5) is 11.9. The summed E-state index contributed by atoms with van der Waals surface area (Å²) in [5.41, 5.74) is 2.56. The molecule has 2 N–H and O–H groups in total.